The average Bonchev–Trinajstić information content (AvgIpc) is 3.44. The van der Waals surface area contributed by atoms with Crippen LogP contribution in [-0.4, -0.2) is 79.7 Å². The van der Waals surface area contributed by atoms with E-state index in [2.05, 4.69) is 77.5 Å². The summed E-state index contributed by atoms with van der Waals surface area (Å²) in [4.78, 5) is 19.2. The van der Waals surface area contributed by atoms with Crippen molar-refractivity contribution in [2.45, 2.75) is 32.0 Å². The first-order chi connectivity index (χ1) is 17.7. The maximum atomic E-state index is 12.5. The minimum Gasteiger partial charge on any atom is -0.492 e. The number of benzene rings is 3. The molecule has 2 heterocycles. The third kappa shape index (κ3) is 6.25. The SMILES string of the molecule is CN(Cc1cccc(OCCN2CCN(C(=O)C3CCCO3)CC2)c1)Cc1cccc2ccccc12. The van der Waals surface area contributed by atoms with Gasteiger partial charge in [0.25, 0.3) is 5.91 Å². The van der Waals surface area contributed by atoms with E-state index in [9.17, 15) is 4.79 Å². The van der Waals surface area contributed by atoms with Gasteiger partial charge in [-0.1, -0.05) is 54.6 Å². The topological polar surface area (TPSA) is 45.2 Å². The lowest BCUT2D eigenvalue weighted by atomic mass is 10.0. The summed E-state index contributed by atoms with van der Waals surface area (Å²) in [5, 5.41) is 2.61. The van der Waals surface area contributed by atoms with Gasteiger partial charge in [-0.2, -0.15) is 0 Å². The fraction of sp³-hybridized carbons (Fsp3) is 0.433. The quantitative estimate of drug-likeness (QED) is 0.453. The van der Waals surface area contributed by atoms with Crippen LogP contribution >= 0.6 is 0 Å². The standard InChI is InChI=1S/C30H37N3O3/c1-31(23-26-10-5-9-25-8-2-3-12-28(25)26)22-24-7-4-11-27(21-24)35-20-18-32-14-16-33(17-15-32)30(34)29-13-6-19-36-29/h2-5,7-12,21,29H,6,13-20,22-23H2,1H3. The molecule has 0 aliphatic carbocycles. The fourth-order valence-corrected chi connectivity index (χ4v) is 5.28. The second-order valence-corrected chi connectivity index (χ2v) is 9.98. The molecule has 0 spiro atoms. The molecule has 1 amide bonds. The van der Waals surface area contributed by atoms with Gasteiger partial charge in [-0.05, 0) is 53.9 Å². The van der Waals surface area contributed by atoms with Gasteiger partial charge in [0.15, 0.2) is 0 Å². The van der Waals surface area contributed by atoms with Crippen LogP contribution in [0.4, 0.5) is 0 Å². The van der Waals surface area contributed by atoms with Crippen molar-refractivity contribution in [2.24, 2.45) is 0 Å². The highest BCUT2D eigenvalue weighted by atomic mass is 16.5. The lowest BCUT2D eigenvalue weighted by Gasteiger charge is -2.35. The molecule has 2 fully saturated rings. The van der Waals surface area contributed by atoms with Gasteiger partial charge in [-0.3, -0.25) is 14.6 Å². The largest absolute Gasteiger partial charge is 0.492 e. The first kappa shape index (κ1) is 24.8. The number of nitrogens with zero attached hydrogens (tertiary/aromatic N) is 3. The van der Waals surface area contributed by atoms with Crippen LogP contribution in [0.15, 0.2) is 66.7 Å². The maximum absolute atomic E-state index is 12.5. The van der Waals surface area contributed by atoms with Gasteiger partial charge in [0.05, 0.1) is 0 Å². The molecule has 0 radical (unpaired) electrons. The van der Waals surface area contributed by atoms with Gasteiger partial charge in [0.1, 0.15) is 18.5 Å². The first-order valence-electron chi connectivity index (χ1n) is 13.2. The summed E-state index contributed by atoms with van der Waals surface area (Å²) in [5.74, 6) is 1.09. The van der Waals surface area contributed by atoms with E-state index in [1.165, 1.54) is 21.9 Å². The smallest absolute Gasteiger partial charge is 0.251 e. The third-order valence-corrected chi connectivity index (χ3v) is 7.24. The maximum Gasteiger partial charge on any atom is 0.251 e. The summed E-state index contributed by atoms with van der Waals surface area (Å²) in [5.41, 5.74) is 2.59. The minimum atomic E-state index is -0.210. The number of fused-ring (bicyclic) bond motifs is 1. The summed E-state index contributed by atoms with van der Waals surface area (Å²) in [6.07, 6.45) is 1.65. The molecule has 2 aliphatic rings. The van der Waals surface area contributed by atoms with Gasteiger partial charge in [0.2, 0.25) is 0 Å². The van der Waals surface area contributed by atoms with Crippen molar-refractivity contribution in [3.05, 3.63) is 77.9 Å². The number of piperazine rings is 1. The second-order valence-electron chi connectivity index (χ2n) is 9.98. The van der Waals surface area contributed by atoms with Crippen LogP contribution in [0.5, 0.6) is 5.75 Å². The lowest BCUT2D eigenvalue weighted by molar-refractivity contribution is -0.142. The molecular weight excluding hydrogens is 450 g/mol. The highest BCUT2D eigenvalue weighted by Crippen LogP contribution is 2.21. The molecule has 6 nitrogen and oxygen atoms in total. The van der Waals surface area contributed by atoms with Crippen LogP contribution in [0.25, 0.3) is 10.8 Å². The van der Waals surface area contributed by atoms with E-state index in [4.69, 9.17) is 9.47 Å². The predicted octanol–water partition coefficient (Wildman–Crippen LogP) is 4.17. The summed E-state index contributed by atoms with van der Waals surface area (Å²) < 4.78 is 11.7. The molecule has 3 aromatic carbocycles. The molecule has 0 aromatic heterocycles. The number of rotatable bonds is 9. The van der Waals surface area contributed by atoms with Crippen molar-refractivity contribution in [2.75, 3.05) is 53.0 Å². The minimum absolute atomic E-state index is 0.172. The van der Waals surface area contributed by atoms with E-state index in [0.717, 1.165) is 71.0 Å². The number of carbonyl (C=O) groups is 1. The predicted molar refractivity (Wildman–Crippen MR) is 143 cm³/mol. The molecule has 190 valence electrons. The van der Waals surface area contributed by atoms with Crippen molar-refractivity contribution in [1.82, 2.24) is 14.7 Å². The molecule has 6 heteroatoms. The van der Waals surface area contributed by atoms with Crippen LogP contribution in [0.3, 0.4) is 0 Å². The van der Waals surface area contributed by atoms with E-state index in [1.54, 1.807) is 0 Å². The highest BCUT2D eigenvalue weighted by molar-refractivity contribution is 5.85. The van der Waals surface area contributed by atoms with E-state index < -0.39 is 0 Å². The van der Waals surface area contributed by atoms with Crippen LogP contribution in [-0.2, 0) is 22.6 Å². The van der Waals surface area contributed by atoms with Gasteiger partial charge in [-0.15, -0.1) is 0 Å². The zero-order valence-corrected chi connectivity index (χ0v) is 21.3. The number of amides is 1. The Kier molecular flexibility index (Phi) is 8.16. The van der Waals surface area contributed by atoms with Crippen molar-refractivity contribution in [3.63, 3.8) is 0 Å². The van der Waals surface area contributed by atoms with Crippen LogP contribution in [0, 0.1) is 0 Å². The van der Waals surface area contributed by atoms with E-state index in [-0.39, 0.29) is 12.0 Å². The van der Waals surface area contributed by atoms with Gasteiger partial charge in [-0.25, -0.2) is 0 Å². The summed E-state index contributed by atoms with van der Waals surface area (Å²) >= 11 is 0. The molecule has 0 N–H and O–H groups in total. The normalized spacial score (nSPS) is 18.7. The van der Waals surface area contributed by atoms with Crippen LogP contribution < -0.4 is 4.74 Å². The van der Waals surface area contributed by atoms with Crippen molar-refractivity contribution < 1.29 is 14.3 Å². The van der Waals surface area contributed by atoms with Gasteiger partial charge < -0.3 is 14.4 Å². The summed E-state index contributed by atoms with van der Waals surface area (Å²) in [6.45, 7) is 7.32. The lowest BCUT2D eigenvalue weighted by Crippen LogP contribution is -2.52. The molecule has 5 rings (SSSR count). The second kappa shape index (κ2) is 11.9. The number of hydrogen-bond donors (Lipinski definition) is 0. The van der Waals surface area contributed by atoms with E-state index in [0.29, 0.717) is 6.61 Å². The first-order valence-corrected chi connectivity index (χ1v) is 13.2. The Morgan fingerprint density at radius 3 is 2.64 bits per heavy atom. The molecular formula is C30H37N3O3. The monoisotopic (exact) mass is 487 g/mol. The molecule has 2 aliphatic heterocycles. The molecule has 3 aromatic rings. The molecule has 1 unspecified atom stereocenters. The van der Waals surface area contributed by atoms with E-state index >= 15 is 0 Å². The molecule has 1 atom stereocenters. The Bertz CT molecular complexity index is 1150. The number of carbonyl (C=O) groups excluding carboxylic acids is 1. The molecule has 0 saturated carbocycles. The van der Waals surface area contributed by atoms with Crippen molar-refractivity contribution in [3.8, 4) is 5.75 Å². The van der Waals surface area contributed by atoms with Crippen LogP contribution in [0.2, 0.25) is 0 Å². The summed E-state index contributed by atoms with van der Waals surface area (Å²) in [6, 6.07) is 23.5. The Balaban J connectivity index is 1.06. The Hall–Kier alpha value is -2.93. The Morgan fingerprint density at radius 2 is 1.81 bits per heavy atom. The fourth-order valence-electron chi connectivity index (χ4n) is 5.28. The molecule has 2 saturated heterocycles. The highest BCUT2D eigenvalue weighted by Gasteiger charge is 2.30. The van der Waals surface area contributed by atoms with Crippen molar-refractivity contribution >= 4 is 16.7 Å². The Labute approximate surface area is 214 Å². The zero-order valence-electron chi connectivity index (χ0n) is 21.3. The van der Waals surface area contributed by atoms with Gasteiger partial charge >= 0.3 is 0 Å². The average molecular weight is 488 g/mol. The zero-order chi connectivity index (χ0) is 24.7. The van der Waals surface area contributed by atoms with Gasteiger partial charge in [0, 0.05) is 52.4 Å². The molecule has 0 bridgehead atoms. The summed E-state index contributed by atoms with van der Waals surface area (Å²) in [7, 11) is 2.17. The van der Waals surface area contributed by atoms with E-state index in [1.807, 2.05) is 11.0 Å². The number of ether oxygens (including phenoxy) is 2. The van der Waals surface area contributed by atoms with Crippen molar-refractivity contribution in [1.29, 1.82) is 0 Å². The molecule has 36 heavy (non-hydrogen) atoms. The number of hydrogen-bond acceptors (Lipinski definition) is 5. The third-order valence-electron chi connectivity index (χ3n) is 7.24. The van der Waals surface area contributed by atoms with Crippen LogP contribution in [0.1, 0.15) is 24.0 Å². The Morgan fingerprint density at radius 1 is 1.00 bits per heavy atom.